The third-order valence-electron chi connectivity index (χ3n) is 9.41. The third kappa shape index (κ3) is 51.4. The summed E-state index contributed by atoms with van der Waals surface area (Å²) in [5.41, 5.74) is 0. The van der Waals surface area contributed by atoms with E-state index >= 15 is 0 Å². The second-order valence-corrected chi connectivity index (χ2v) is 15.6. The van der Waals surface area contributed by atoms with Crippen LogP contribution in [0.25, 0.3) is 0 Å². The average Bonchev–Trinajstić information content (AvgIpc) is 3.33. The van der Waals surface area contributed by atoms with E-state index in [1.165, 1.54) is 0 Å². The van der Waals surface area contributed by atoms with Gasteiger partial charge in [0.1, 0.15) is 13.2 Å². The van der Waals surface area contributed by atoms with Crippen LogP contribution in [-0.2, 0) is 28.6 Å². The predicted molar refractivity (Wildman–Crippen MR) is 287 cm³/mol. The van der Waals surface area contributed by atoms with E-state index in [-0.39, 0.29) is 38.4 Å². The maximum Gasteiger partial charge on any atom is 0.306 e. The Morgan fingerprint density at radius 1 is 0.299 bits per heavy atom. The summed E-state index contributed by atoms with van der Waals surface area (Å²) in [5.74, 6) is -1.21. The molecule has 6 heteroatoms. The third-order valence-corrected chi connectivity index (χ3v) is 9.41. The lowest BCUT2D eigenvalue weighted by atomic mass is 10.2. The van der Waals surface area contributed by atoms with Crippen LogP contribution < -0.4 is 0 Å². The van der Waals surface area contributed by atoms with E-state index in [4.69, 9.17) is 14.2 Å². The first-order valence-corrected chi connectivity index (χ1v) is 25.3. The first kappa shape index (κ1) is 61.5. The van der Waals surface area contributed by atoms with Crippen LogP contribution in [0.1, 0.15) is 162 Å². The van der Waals surface area contributed by atoms with Crippen LogP contribution in [0.4, 0.5) is 0 Å². The zero-order valence-electron chi connectivity index (χ0n) is 41.8. The van der Waals surface area contributed by atoms with E-state index in [0.29, 0.717) is 19.3 Å². The van der Waals surface area contributed by atoms with Crippen molar-refractivity contribution < 1.29 is 28.6 Å². The van der Waals surface area contributed by atoms with Gasteiger partial charge in [-0.2, -0.15) is 0 Å². The number of carbonyl (C=O) groups is 3. The number of hydrogen-bond donors (Lipinski definition) is 0. The summed E-state index contributed by atoms with van der Waals surface area (Å²) in [7, 11) is 0. The molecule has 0 saturated heterocycles. The number of allylic oxidation sites excluding steroid dienone is 30. The maximum atomic E-state index is 12.8. The molecule has 1 atom stereocenters. The van der Waals surface area contributed by atoms with Crippen LogP contribution in [0.2, 0.25) is 0 Å². The molecule has 6 nitrogen and oxygen atoms in total. The van der Waals surface area contributed by atoms with Crippen molar-refractivity contribution in [3.8, 4) is 0 Å². The Hall–Kier alpha value is -5.49. The molecule has 0 spiro atoms. The largest absolute Gasteiger partial charge is 0.462 e. The number of unbranched alkanes of at least 4 members (excludes halogenated alkanes) is 1. The van der Waals surface area contributed by atoms with Crippen LogP contribution in [0, 0.1) is 0 Å². The van der Waals surface area contributed by atoms with E-state index < -0.39 is 18.0 Å². The number of ether oxygens (including phenoxy) is 3. The van der Waals surface area contributed by atoms with Gasteiger partial charge in [0.15, 0.2) is 6.10 Å². The first-order chi connectivity index (χ1) is 33.0. The summed E-state index contributed by atoms with van der Waals surface area (Å²) < 4.78 is 16.6. The van der Waals surface area contributed by atoms with Crippen LogP contribution in [-0.4, -0.2) is 37.2 Å². The number of hydrogen-bond acceptors (Lipinski definition) is 6. The van der Waals surface area contributed by atoms with E-state index in [2.05, 4.69) is 179 Å². The summed E-state index contributed by atoms with van der Waals surface area (Å²) in [6, 6.07) is 0. The average molecular weight is 917 g/mol. The highest BCUT2D eigenvalue weighted by Crippen LogP contribution is 2.07. The van der Waals surface area contributed by atoms with Crippen molar-refractivity contribution in [1.29, 1.82) is 0 Å². The molecule has 0 rings (SSSR count). The summed E-state index contributed by atoms with van der Waals surface area (Å²) in [5, 5.41) is 0. The highest BCUT2D eigenvalue weighted by molar-refractivity contribution is 5.71. The minimum Gasteiger partial charge on any atom is -0.462 e. The number of carbonyl (C=O) groups excluding carboxylic acids is 3. The number of rotatable bonds is 42. The second-order valence-electron chi connectivity index (χ2n) is 15.6. The van der Waals surface area contributed by atoms with Crippen molar-refractivity contribution in [1.82, 2.24) is 0 Å². The van der Waals surface area contributed by atoms with Crippen LogP contribution >= 0.6 is 0 Å². The molecular weight excluding hydrogens is 829 g/mol. The van der Waals surface area contributed by atoms with Crippen LogP contribution in [0.15, 0.2) is 182 Å². The van der Waals surface area contributed by atoms with Crippen molar-refractivity contribution in [2.24, 2.45) is 0 Å². The quantitative estimate of drug-likeness (QED) is 0.0263. The van der Waals surface area contributed by atoms with E-state index in [1.807, 2.05) is 24.3 Å². The molecule has 1 unspecified atom stereocenters. The van der Waals surface area contributed by atoms with Gasteiger partial charge >= 0.3 is 17.9 Å². The van der Waals surface area contributed by atoms with Crippen molar-refractivity contribution >= 4 is 17.9 Å². The summed E-state index contributed by atoms with van der Waals surface area (Å²) in [6.07, 6.45) is 80.6. The zero-order chi connectivity index (χ0) is 48.6. The lowest BCUT2D eigenvalue weighted by Gasteiger charge is -2.18. The Kier molecular flexibility index (Phi) is 48.8. The predicted octanol–water partition coefficient (Wildman–Crippen LogP) is 17.0. The molecule has 0 aliphatic heterocycles. The molecule has 0 aromatic heterocycles. The Balaban J connectivity index is 4.69. The molecule has 0 fully saturated rings. The van der Waals surface area contributed by atoms with Gasteiger partial charge in [0.2, 0.25) is 0 Å². The molecule has 0 amide bonds. The molecule has 0 aromatic carbocycles. The van der Waals surface area contributed by atoms with Crippen molar-refractivity contribution in [3.05, 3.63) is 182 Å². The van der Waals surface area contributed by atoms with Crippen molar-refractivity contribution in [3.63, 3.8) is 0 Å². The molecule has 0 saturated carbocycles. The van der Waals surface area contributed by atoms with Crippen molar-refractivity contribution in [2.75, 3.05) is 13.2 Å². The lowest BCUT2D eigenvalue weighted by molar-refractivity contribution is -0.166. The Morgan fingerprint density at radius 3 is 0.836 bits per heavy atom. The van der Waals surface area contributed by atoms with E-state index in [1.54, 1.807) is 0 Å². The fraction of sp³-hybridized carbons (Fsp3) is 0.459. The summed E-state index contributed by atoms with van der Waals surface area (Å²) >= 11 is 0. The molecule has 0 heterocycles. The van der Waals surface area contributed by atoms with Gasteiger partial charge in [0, 0.05) is 19.3 Å². The fourth-order valence-corrected chi connectivity index (χ4v) is 5.75. The highest BCUT2D eigenvalue weighted by Gasteiger charge is 2.19. The number of esters is 3. The molecular formula is C61H88O6. The summed E-state index contributed by atoms with van der Waals surface area (Å²) in [6.45, 7) is 6.07. The van der Waals surface area contributed by atoms with E-state index in [0.717, 1.165) is 103 Å². The van der Waals surface area contributed by atoms with Crippen LogP contribution in [0.3, 0.4) is 0 Å². The van der Waals surface area contributed by atoms with Gasteiger partial charge in [-0.25, -0.2) is 0 Å². The molecule has 0 bridgehead atoms. The molecule has 0 aromatic rings. The molecule has 67 heavy (non-hydrogen) atoms. The maximum absolute atomic E-state index is 12.8. The second kappa shape index (κ2) is 53.1. The Bertz CT molecular complexity index is 1670. The molecule has 368 valence electrons. The van der Waals surface area contributed by atoms with Gasteiger partial charge in [0.25, 0.3) is 0 Å². The SMILES string of the molecule is CC/C=C\C/C=C\C/C=C\C/C=C\C/C=C\C/C=C\CCC(=O)OCC(COC(=O)CCC/C=C\C/C=C\C/C=C\CC)OC(=O)CC/C=C\C/C=C\C/C=C\C/C=C\C/C=C\C/C=C\CC. The lowest BCUT2D eigenvalue weighted by Crippen LogP contribution is -2.30. The highest BCUT2D eigenvalue weighted by atomic mass is 16.6. The fourth-order valence-electron chi connectivity index (χ4n) is 5.75. The topological polar surface area (TPSA) is 78.9 Å². The molecule has 0 aliphatic carbocycles. The zero-order valence-corrected chi connectivity index (χ0v) is 41.8. The van der Waals surface area contributed by atoms with Gasteiger partial charge in [-0.05, 0) is 122 Å². The first-order valence-electron chi connectivity index (χ1n) is 25.3. The van der Waals surface area contributed by atoms with Gasteiger partial charge < -0.3 is 14.2 Å². The van der Waals surface area contributed by atoms with Crippen LogP contribution in [0.5, 0.6) is 0 Å². The Labute approximate surface area is 408 Å². The molecule has 0 N–H and O–H groups in total. The smallest absolute Gasteiger partial charge is 0.306 e. The minimum absolute atomic E-state index is 0.167. The van der Waals surface area contributed by atoms with Gasteiger partial charge in [-0.1, -0.05) is 203 Å². The van der Waals surface area contributed by atoms with Gasteiger partial charge in [-0.15, -0.1) is 0 Å². The van der Waals surface area contributed by atoms with Gasteiger partial charge in [0.05, 0.1) is 0 Å². The molecule has 0 radical (unpaired) electrons. The van der Waals surface area contributed by atoms with E-state index in [9.17, 15) is 14.4 Å². The minimum atomic E-state index is -0.879. The normalized spacial score (nSPS) is 13.7. The standard InChI is InChI=1S/C61H88O6/c1-4-7-10-13-16-19-22-24-26-28-30-32-34-36-39-42-45-48-51-54-60(63)66-57-58(56-65-59(62)53-50-47-44-41-38-21-18-15-12-9-6-3)67-61(64)55-52-49-46-43-40-37-35-33-31-29-27-25-23-20-17-14-11-8-5-2/h7-12,16-21,24-27,30-33,36-37,39-41,44-46,48-49,58H,4-6,13-15,22-23,28-29,34-35,38,42-43,47,50-57H2,1-3H3/b10-7-,11-8-,12-9-,19-16-,20-17-,21-18-,26-24-,27-25-,32-30-,33-31-,39-36-,40-37-,44-41-,48-45-,49-46-. The Morgan fingerprint density at radius 2 is 0.537 bits per heavy atom. The van der Waals surface area contributed by atoms with Gasteiger partial charge in [-0.3, -0.25) is 14.4 Å². The summed E-state index contributed by atoms with van der Waals surface area (Å²) in [4.78, 5) is 37.9. The van der Waals surface area contributed by atoms with Crippen molar-refractivity contribution in [2.45, 2.75) is 168 Å². The monoisotopic (exact) mass is 917 g/mol. The molecule has 0 aliphatic rings.